The Balaban J connectivity index is 3.13. The first-order chi connectivity index (χ1) is 8.82. The molecule has 0 bridgehead atoms. The van der Waals surface area contributed by atoms with Crippen LogP contribution in [0.4, 0.5) is 10.1 Å². The van der Waals surface area contributed by atoms with Gasteiger partial charge in [0.1, 0.15) is 10.7 Å². The van der Waals surface area contributed by atoms with Gasteiger partial charge in [0.05, 0.1) is 0 Å². The molecule has 1 rings (SSSR count). The van der Waals surface area contributed by atoms with Crippen molar-refractivity contribution in [1.29, 1.82) is 0 Å². The summed E-state index contributed by atoms with van der Waals surface area (Å²) >= 11 is 0. The molecule has 19 heavy (non-hydrogen) atoms. The second-order valence-corrected chi connectivity index (χ2v) is 6.57. The fraction of sp³-hybridized carbons (Fsp3) is 0.538. The number of sulfonamides is 1. The molecular weight excluding hydrogens is 267 g/mol. The van der Waals surface area contributed by atoms with Gasteiger partial charge in [0.25, 0.3) is 0 Å². The summed E-state index contributed by atoms with van der Waals surface area (Å²) in [6.07, 6.45) is 0.871. The summed E-state index contributed by atoms with van der Waals surface area (Å²) in [6.45, 7) is 6.41. The van der Waals surface area contributed by atoms with Crippen molar-refractivity contribution in [3.05, 3.63) is 24.0 Å². The molecule has 1 aromatic rings. The van der Waals surface area contributed by atoms with Crippen LogP contribution in [-0.4, -0.2) is 25.8 Å². The molecule has 0 saturated heterocycles. The molecule has 1 unspecified atom stereocenters. The molecule has 2 N–H and O–H groups in total. The number of anilines is 1. The standard InChI is InChI=1S/C13H21FN2O2S/c1-4-10(3)9-16(5-2)19(17,18)13-7-6-11(15)8-12(13)14/h6-8,10H,4-5,9,15H2,1-3H3. The van der Waals surface area contributed by atoms with Crippen LogP contribution in [-0.2, 0) is 10.0 Å². The van der Waals surface area contributed by atoms with Crippen LogP contribution < -0.4 is 5.73 Å². The van der Waals surface area contributed by atoms with Crippen molar-refractivity contribution < 1.29 is 12.8 Å². The number of halogens is 1. The number of nitrogens with two attached hydrogens (primary N) is 1. The molecule has 1 aromatic carbocycles. The molecule has 0 aromatic heterocycles. The van der Waals surface area contributed by atoms with Gasteiger partial charge in [-0.05, 0) is 24.1 Å². The van der Waals surface area contributed by atoms with E-state index in [1.807, 2.05) is 13.8 Å². The summed E-state index contributed by atoms with van der Waals surface area (Å²) in [6, 6.07) is 3.65. The van der Waals surface area contributed by atoms with Crippen LogP contribution in [0, 0.1) is 11.7 Å². The lowest BCUT2D eigenvalue weighted by atomic mass is 10.1. The first-order valence-corrected chi connectivity index (χ1v) is 7.82. The van der Waals surface area contributed by atoms with E-state index < -0.39 is 15.8 Å². The topological polar surface area (TPSA) is 63.4 Å². The first-order valence-electron chi connectivity index (χ1n) is 6.38. The van der Waals surface area contributed by atoms with E-state index >= 15 is 0 Å². The zero-order valence-electron chi connectivity index (χ0n) is 11.6. The molecule has 0 aliphatic rings. The summed E-state index contributed by atoms with van der Waals surface area (Å²) in [5.74, 6) is -0.575. The van der Waals surface area contributed by atoms with Crippen molar-refractivity contribution in [3.63, 3.8) is 0 Å². The van der Waals surface area contributed by atoms with E-state index in [0.717, 1.165) is 12.5 Å². The predicted molar refractivity (Wildman–Crippen MR) is 74.7 cm³/mol. The number of nitrogen functional groups attached to an aromatic ring is 1. The average Bonchev–Trinajstić information content (AvgIpc) is 2.34. The molecule has 0 heterocycles. The second kappa shape index (κ2) is 6.34. The summed E-state index contributed by atoms with van der Waals surface area (Å²) in [7, 11) is -3.80. The van der Waals surface area contributed by atoms with Crippen LogP contribution in [0.15, 0.2) is 23.1 Å². The molecule has 0 spiro atoms. The van der Waals surface area contributed by atoms with E-state index in [4.69, 9.17) is 5.73 Å². The van der Waals surface area contributed by atoms with Gasteiger partial charge in [0, 0.05) is 18.8 Å². The summed E-state index contributed by atoms with van der Waals surface area (Å²) in [5.41, 5.74) is 5.64. The third-order valence-corrected chi connectivity index (χ3v) is 5.11. The second-order valence-electron chi connectivity index (χ2n) is 4.66. The number of nitrogens with zero attached hydrogens (tertiary/aromatic N) is 1. The van der Waals surface area contributed by atoms with Crippen LogP contribution in [0.5, 0.6) is 0 Å². The van der Waals surface area contributed by atoms with Crippen LogP contribution in [0.25, 0.3) is 0 Å². The van der Waals surface area contributed by atoms with E-state index in [-0.39, 0.29) is 16.5 Å². The SMILES string of the molecule is CCC(C)CN(CC)S(=O)(=O)c1ccc(N)cc1F. The Hall–Kier alpha value is -1.14. The van der Waals surface area contributed by atoms with Crippen LogP contribution >= 0.6 is 0 Å². The van der Waals surface area contributed by atoms with Crippen molar-refractivity contribution in [1.82, 2.24) is 4.31 Å². The molecule has 0 aliphatic heterocycles. The fourth-order valence-corrected chi connectivity index (χ4v) is 3.35. The van der Waals surface area contributed by atoms with E-state index in [2.05, 4.69) is 0 Å². The van der Waals surface area contributed by atoms with Crippen LogP contribution in [0.2, 0.25) is 0 Å². The van der Waals surface area contributed by atoms with Gasteiger partial charge in [-0.2, -0.15) is 4.31 Å². The summed E-state index contributed by atoms with van der Waals surface area (Å²) < 4.78 is 39.9. The predicted octanol–water partition coefficient (Wildman–Crippen LogP) is 2.46. The highest BCUT2D eigenvalue weighted by Crippen LogP contribution is 2.22. The van der Waals surface area contributed by atoms with Gasteiger partial charge in [-0.15, -0.1) is 0 Å². The van der Waals surface area contributed by atoms with Crippen molar-refractivity contribution in [3.8, 4) is 0 Å². The highest BCUT2D eigenvalue weighted by Gasteiger charge is 2.27. The molecule has 0 aliphatic carbocycles. The lowest BCUT2D eigenvalue weighted by Crippen LogP contribution is -2.35. The molecule has 0 fully saturated rings. The Morgan fingerprint density at radius 2 is 2.00 bits per heavy atom. The van der Waals surface area contributed by atoms with Gasteiger partial charge >= 0.3 is 0 Å². The molecule has 0 radical (unpaired) electrons. The zero-order chi connectivity index (χ0) is 14.6. The van der Waals surface area contributed by atoms with Gasteiger partial charge in [0.2, 0.25) is 10.0 Å². The van der Waals surface area contributed by atoms with Crippen LogP contribution in [0.3, 0.4) is 0 Å². The minimum Gasteiger partial charge on any atom is -0.399 e. The van der Waals surface area contributed by atoms with Crippen molar-refractivity contribution in [2.45, 2.75) is 32.1 Å². The minimum atomic E-state index is -3.80. The molecule has 1 atom stereocenters. The zero-order valence-corrected chi connectivity index (χ0v) is 12.4. The molecule has 0 amide bonds. The van der Waals surface area contributed by atoms with Crippen molar-refractivity contribution >= 4 is 15.7 Å². The Morgan fingerprint density at radius 3 is 2.47 bits per heavy atom. The summed E-state index contributed by atoms with van der Waals surface area (Å²) in [5, 5.41) is 0. The maximum Gasteiger partial charge on any atom is 0.245 e. The van der Waals surface area contributed by atoms with Gasteiger partial charge in [-0.25, -0.2) is 12.8 Å². The van der Waals surface area contributed by atoms with Crippen LogP contribution in [0.1, 0.15) is 27.2 Å². The van der Waals surface area contributed by atoms with E-state index in [1.165, 1.54) is 16.4 Å². The Bertz CT molecular complexity index is 531. The van der Waals surface area contributed by atoms with E-state index in [0.29, 0.717) is 13.1 Å². The van der Waals surface area contributed by atoms with Crippen molar-refractivity contribution in [2.24, 2.45) is 5.92 Å². The molecule has 0 saturated carbocycles. The molecular formula is C13H21FN2O2S. The number of hydrogen-bond acceptors (Lipinski definition) is 3. The largest absolute Gasteiger partial charge is 0.399 e. The molecule has 6 heteroatoms. The first kappa shape index (κ1) is 15.9. The lowest BCUT2D eigenvalue weighted by Gasteiger charge is -2.23. The van der Waals surface area contributed by atoms with Gasteiger partial charge in [0.15, 0.2) is 0 Å². The quantitative estimate of drug-likeness (QED) is 0.818. The summed E-state index contributed by atoms with van der Waals surface area (Å²) in [4.78, 5) is -0.313. The fourth-order valence-electron chi connectivity index (χ4n) is 1.74. The van der Waals surface area contributed by atoms with Gasteiger partial charge in [-0.3, -0.25) is 0 Å². The minimum absolute atomic E-state index is 0.210. The van der Waals surface area contributed by atoms with E-state index in [9.17, 15) is 12.8 Å². The highest BCUT2D eigenvalue weighted by molar-refractivity contribution is 7.89. The smallest absolute Gasteiger partial charge is 0.245 e. The normalized spacial score (nSPS) is 13.7. The highest BCUT2D eigenvalue weighted by atomic mass is 32.2. The molecule has 108 valence electrons. The number of benzene rings is 1. The maximum atomic E-state index is 13.8. The Morgan fingerprint density at radius 1 is 1.37 bits per heavy atom. The molecule has 4 nitrogen and oxygen atoms in total. The maximum absolute atomic E-state index is 13.8. The lowest BCUT2D eigenvalue weighted by molar-refractivity contribution is 0.360. The van der Waals surface area contributed by atoms with Gasteiger partial charge < -0.3 is 5.73 Å². The number of hydrogen-bond donors (Lipinski definition) is 1. The number of rotatable bonds is 6. The monoisotopic (exact) mass is 288 g/mol. The third-order valence-electron chi connectivity index (χ3n) is 3.14. The van der Waals surface area contributed by atoms with E-state index in [1.54, 1.807) is 6.92 Å². The Labute approximate surface area is 114 Å². The Kier molecular flexibility index (Phi) is 5.31. The van der Waals surface area contributed by atoms with Gasteiger partial charge in [-0.1, -0.05) is 27.2 Å². The third kappa shape index (κ3) is 3.67. The average molecular weight is 288 g/mol. The van der Waals surface area contributed by atoms with Crippen molar-refractivity contribution in [2.75, 3.05) is 18.8 Å².